The van der Waals surface area contributed by atoms with Crippen molar-refractivity contribution in [1.29, 1.82) is 0 Å². The van der Waals surface area contributed by atoms with E-state index in [0.29, 0.717) is 19.8 Å². The monoisotopic (exact) mass is 218 g/mol. The standard InChI is InChI=1S/C10H22N2O3/c1-10(13-6-4-2-3-5-11)14-8-9(7-12)15-10/h9H,2-8,11-12H2,1H3. The molecule has 1 saturated heterocycles. The van der Waals surface area contributed by atoms with Crippen LogP contribution in [0.4, 0.5) is 0 Å². The normalized spacial score (nSPS) is 31.0. The Balaban J connectivity index is 2.10. The van der Waals surface area contributed by atoms with Crippen molar-refractivity contribution in [2.45, 2.75) is 38.3 Å². The van der Waals surface area contributed by atoms with E-state index in [9.17, 15) is 0 Å². The van der Waals surface area contributed by atoms with Crippen molar-refractivity contribution in [2.75, 3.05) is 26.3 Å². The summed E-state index contributed by atoms with van der Waals surface area (Å²) in [5.74, 6) is -0.896. The van der Waals surface area contributed by atoms with Crippen LogP contribution >= 0.6 is 0 Å². The van der Waals surface area contributed by atoms with Crippen molar-refractivity contribution in [1.82, 2.24) is 0 Å². The van der Waals surface area contributed by atoms with Crippen molar-refractivity contribution in [2.24, 2.45) is 11.5 Å². The molecule has 90 valence electrons. The third-order valence-corrected chi connectivity index (χ3v) is 2.39. The number of unbranched alkanes of at least 4 members (excludes halogenated alkanes) is 2. The summed E-state index contributed by atoms with van der Waals surface area (Å²) in [6, 6.07) is 0. The van der Waals surface area contributed by atoms with Gasteiger partial charge < -0.3 is 25.7 Å². The van der Waals surface area contributed by atoms with Gasteiger partial charge in [0.25, 0.3) is 5.97 Å². The molecule has 0 aromatic heterocycles. The minimum absolute atomic E-state index is 0.0426. The summed E-state index contributed by atoms with van der Waals surface area (Å²) in [7, 11) is 0. The van der Waals surface area contributed by atoms with Crippen molar-refractivity contribution in [3.05, 3.63) is 0 Å². The van der Waals surface area contributed by atoms with Crippen molar-refractivity contribution < 1.29 is 14.2 Å². The predicted molar refractivity (Wildman–Crippen MR) is 57.1 cm³/mol. The molecule has 0 spiro atoms. The lowest BCUT2D eigenvalue weighted by Crippen LogP contribution is -2.32. The van der Waals surface area contributed by atoms with Crippen molar-refractivity contribution in [3.8, 4) is 0 Å². The average molecular weight is 218 g/mol. The molecule has 15 heavy (non-hydrogen) atoms. The second kappa shape index (κ2) is 6.40. The molecule has 0 saturated carbocycles. The Hall–Kier alpha value is -0.200. The number of rotatable bonds is 7. The number of ether oxygens (including phenoxy) is 3. The van der Waals surface area contributed by atoms with Gasteiger partial charge in [0.05, 0.1) is 19.3 Å². The lowest BCUT2D eigenvalue weighted by Gasteiger charge is -2.23. The molecule has 1 aliphatic rings. The Labute approximate surface area is 91.0 Å². The molecule has 4 N–H and O–H groups in total. The summed E-state index contributed by atoms with van der Waals surface area (Å²) in [6.07, 6.45) is 3.05. The largest absolute Gasteiger partial charge is 0.330 e. The van der Waals surface area contributed by atoms with Crippen LogP contribution in [0.1, 0.15) is 26.2 Å². The summed E-state index contributed by atoms with van der Waals surface area (Å²) in [5, 5.41) is 0. The molecule has 5 nitrogen and oxygen atoms in total. The van der Waals surface area contributed by atoms with Gasteiger partial charge >= 0.3 is 0 Å². The molecule has 0 amide bonds. The van der Waals surface area contributed by atoms with Gasteiger partial charge in [-0.3, -0.25) is 0 Å². The zero-order chi connectivity index (χ0) is 11.1. The van der Waals surface area contributed by atoms with Crippen LogP contribution in [0.15, 0.2) is 0 Å². The van der Waals surface area contributed by atoms with E-state index in [2.05, 4.69) is 0 Å². The highest BCUT2D eigenvalue weighted by atomic mass is 16.9. The maximum absolute atomic E-state index is 5.53. The van der Waals surface area contributed by atoms with E-state index in [-0.39, 0.29) is 6.10 Å². The summed E-state index contributed by atoms with van der Waals surface area (Å²) in [4.78, 5) is 0. The first kappa shape index (κ1) is 12.9. The van der Waals surface area contributed by atoms with Gasteiger partial charge in [0, 0.05) is 13.5 Å². The van der Waals surface area contributed by atoms with E-state index < -0.39 is 5.97 Å². The molecule has 1 aliphatic heterocycles. The first-order valence-electron chi connectivity index (χ1n) is 5.56. The van der Waals surface area contributed by atoms with Crippen LogP contribution in [-0.2, 0) is 14.2 Å². The molecule has 0 aromatic rings. The number of nitrogens with two attached hydrogens (primary N) is 2. The Morgan fingerprint density at radius 1 is 1.33 bits per heavy atom. The fourth-order valence-corrected chi connectivity index (χ4v) is 1.49. The van der Waals surface area contributed by atoms with Gasteiger partial charge in [0.15, 0.2) is 0 Å². The Bertz CT molecular complexity index is 180. The zero-order valence-corrected chi connectivity index (χ0v) is 9.41. The van der Waals surface area contributed by atoms with E-state index in [1.54, 1.807) is 6.92 Å². The van der Waals surface area contributed by atoms with E-state index in [1.165, 1.54) is 0 Å². The molecule has 0 bridgehead atoms. The quantitative estimate of drug-likeness (QED) is 0.596. The molecule has 1 heterocycles. The molecule has 0 aliphatic carbocycles. The third-order valence-electron chi connectivity index (χ3n) is 2.39. The first-order valence-corrected chi connectivity index (χ1v) is 5.56. The second-order valence-electron chi connectivity index (χ2n) is 3.85. The van der Waals surface area contributed by atoms with E-state index in [4.69, 9.17) is 25.7 Å². The smallest absolute Gasteiger partial charge is 0.280 e. The van der Waals surface area contributed by atoms with Crippen LogP contribution in [0.25, 0.3) is 0 Å². The average Bonchev–Trinajstić information content (AvgIpc) is 2.61. The molecule has 1 fully saturated rings. The van der Waals surface area contributed by atoms with Crippen LogP contribution < -0.4 is 11.5 Å². The lowest BCUT2D eigenvalue weighted by molar-refractivity contribution is -0.324. The number of hydrogen-bond acceptors (Lipinski definition) is 5. The molecular weight excluding hydrogens is 196 g/mol. The summed E-state index contributed by atoms with van der Waals surface area (Å²) >= 11 is 0. The topological polar surface area (TPSA) is 79.7 Å². The van der Waals surface area contributed by atoms with E-state index in [0.717, 1.165) is 25.8 Å². The van der Waals surface area contributed by atoms with Gasteiger partial charge in [0.1, 0.15) is 0 Å². The fraction of sp³-hybridized carbons (Fsp3) is 1.00. The summed E-state index contributed by atoms with van der Waals surface area (Å²) < 4.78 is 16.4. The van der Waals surface area contributed by atoms with E-state index in [1.807, 2.05) is 0 Å². The molecule has 2 atom stereocenters. The van der Waals surface area contributed by atoms with Crippen molar-refractivity contribution >= 4 is 0 Å². The first-order chi connectivity index (χ1) is 7.20. The molecule has 0 aromatic carbocycles. The Morgan fingerprint density at radius 3 is 2.73 bits per heavy atom. The highest BCUT2D eigenvalue weighted by molar-refractivity contribution is 4.68. The number of hydrogen-bond donors (Lipinski definition) is 2. The van der Waals surface area contributed by atoms with E-state index >= 15 is 0 Å². The molecule has 2 unspecified atom stereocenters. The van der Waals surface area contributed by atoms with Crippen LogP contribution in [0.5, 0.6) is 0 Å². The zero-order valence-electron chi connectivity index (χ0n) is 9.41. The van der Waals surface area contributed by atoms with Crippen LogP contribution in [-0.4, -0.2) is 38.4 Å². The predicted octanol–water partition coefficient (Wildman–Crippen LogP) is 0.180. The lowest BCUT2D eigenvalue weighted by atomic mass is 10.2. The van der Waals surface area contributed by atoms with Crippen LogP contribution in [0.3, 0.4) is 0 Å². The van der Waals surface area contributed by atoms with Gasteiger partial charge in [-0.05, 0) is 25.8 Å². The van der Waals surface area contributed by atoms with Crippen LogP contribution in [0.2, 0.25) is 0 Å². The maximum Gasteiger partial charge on any atom is 0.280 e. The summed E-state index contributed by atoms with van der Waals surface area (Å²) in [5.41, 5.74) is 10.9. The third kappa shape index (κ3) is 4.44. The molecule has 1 rings (SSSR count). The van der Waals surface area contributed by atoms with Gasteiger partial charge in [-0.25, -0.2) is 0 Å². The van der Waals surface area contributed by atoms with Gasteiger partial charge in [0.2, 0.25) is 0 Å². The molecular formula is C10H22N2O3. The SMILES string of the molecule is CC1(OCCCCCN)OCC(CN)O1. The van der Waals surface area contributed by atoms with Crippen molar-refractivity contribution in [3.63, 3.8) is 0 Å². The highest BCUT2D eigenvalue weighted by Crippen LogP contribution is 2.24. The summed E-state index contributed by atoms with van der Waals surface area (Å²) in [6.45, 7) is 4.13. The van der Waals surface area contributed by atoms with Gasteiger partial charge in [-0.2, -0.15) is 0 Å². The van der Waals surface area contributed by atoms with Gasteiger partial charge in [-0.15, -0.1) is 0 Å². The minimum atomic E-state index is -0.896. The van der Waals surface area contributed by atoms with Gasteiger partial charge in [-0.1, -0.05) is 0 Å². The maximum atomic E-state index is 5.53. The minimum Gasteiger partial charge on any atom is -0.330 e. The highest BCUT2D eigenvalue weighted by Gasteiger charge is 2.37. The Kier molecular flexibility index (Phi) is 5.49. The van der Waals surface area contributed by atoms with Crippen LogP contribution in [0, 0.1) is 0 Å². The fourth-order valence-electron chi connectivity index (χ4n) is 1.49. The molecule has 5 heteroatoms. The Morgan fingerprint density at radius 2 is 2.13 bits per heavy atom. The molecule has 0 radical (unpaired) electrons. The second-order valence-corrected chi connectivity index (χ2v) is 3.85.